The minimum absolute atomic E-state index is 0.282. The van der Waals surface area contributed by atoms with E-state index in [1.54, 1.807) is 0 Å². The zero-order valence-corrected chi connectivity index (χ0v) is 5.28. The van der Waals surface area contributed by atoms with Crippen molar-refractivity contribution in [2.75, 3.05) is 0 Å². The van der Waals surface area contributed by atoms with E-state index in [0.29, 0.717) is 6.42 Å². The second-order valence-electron chi connectivity index (χ2n) is 1.42. The fourth-order valence-corrected chi connectivity index (χ4v) is 0.331. The maximum absolute atomic E-state index is 8.07. The van der Waals surface area contributed by atoms with Gasteiger partial charge in [-0.3, -0.25) is 0 Å². The van der Waals surface area contributed by atoms with Gasteiger partial charge >= 0.3 is 0 Å². The summed E-state index contributed by atoms with van der Waals surface area (Å²) in [4.78, 5) is 0. The van der Waals surface area contributed by atoms with Gasteiger partial charge in [0, 0.05) is 11.7 Å². The minimum Gasteiger partial charge on any atom is -0.198 e. The molecule has 0 spiro atoms. The van der Waals surface area contributed by atoms with E-state index in [9.17, 15) is 0 Å². The topological polar surface area (TPSA) is 23.8 Å². The maximum Gasteiger partial charge on any atom is 0.0633 e. The van der Waals surface area contributed by atoms with Crippen molar-refractivity contribution in [3.8, 4) is 6.07 Å². The van der Waals surface area contributed by atoms with Gasteiger partial charge in [0.2, 0.25) is 0 Å². The molecule has 1 atom stereocenters. The molecule has 7 heavy (non-hydrogen) atoms. The van der Waals surface area contributed by atoms with Crippen LogP contribution in [-0.2, 0) is 0 Å². The van der Waals surface area contributed by atoms with Crippen LogP contribution in [-0.4, -0.2) is 5.25 Å². The van der Waals surface area contributed by atoms with Crippen LogP contribution in [0.1, 0.15) is 19.8 Å². The molecule has 0 rings (SSSR count). The first-order valence-electron chi connectivity index (χ1n) is 2.36. The molecule has 0 amide bonds. The molecule has 0 bridgehead atoms. The summed E-state index contributed by atoms with van der Waals surface area (Å²) >= 11 is 4.09. The molecular weight excluding hydrogens is 106 g/mol. The molecule has 0 aliphatic carbocycles. The first kappa shape index (κ1) is 6.84. The monoisotopic (exact) mass is 115 g/mol. The van der Waals surface area contributed by atoms with Crippen molar-refractivity contribution in [1.29, 1.82) is 5.26 Å². The molecule has 0 aromatic carbocycles. The number of thiol groups is 1. The summed E-state index contributed by atoms with van der Waals surface area (Å²) in [5.74, 6) is 0. The van der Waals surface area contributed by atoms with Crippen molar-refractivity contribution >= 4 is 12.6 Å². The zero-order valence-electron chi connectivity index (χ0n) is 4.39. The summed E-state index contributed by atoms with van der Waals surface area (Å²) in [6.45, 7) is 2.02. The Hall–Kier alpha value is -0.160. The van der Waals surface area contributed by atoms with Crippen molar-refractivity contribution in [2.24, 2.45) is 0 Å². The molecule has 0 unspecified atom stereocenters. The standard InChI is InChI=1S/C5H9NS/c1-2-5(7)3-4-6/h5,7H,2-3H2,1H3/t5-/m1/s1. The molecule has 0 aromatic rings. The Morgan fingerprint density at radius 1 is 1.86 bits per heavy atom. The maximum atomic E-state index is 8.07. The van der Waals surface area contributed by atoms with Gasteiger partial charge in [0.1, 0.15) is 0 Å². The highest BCUT2D eigenvalue weighted by Crippen LogP contribution is 2.02. The van der Waals surface area contributed by atoms with Crippen LogP contribution in [0, 0.1) is 11.3 Å². The average molecular weight is 115 g/mol. The van der Waals surface area contributed by atoms with Crippen LogP contribution in [0.15, 0.2) is 0 Å². The van der Waals surface area contributed by atoms with E-state index in [4.69, 9.17) is 5.26 Å². The third kappa shape index (κ3) is 3.68. The third-order valence-corrected chi connectivity index (χ3v) is 1.35. The molecule has 0 saturated heterocycles. The molecule has 0 heterocycles. The van der Waals surface area contributed by atoms with Crippen molar-refractivity contribution in [3.63, 3.8) is 0 Å². The molecule has 0 aromatic heterocycles. The number of nitriles is 1. The van der Waals surface area contributed by atoms with Gasteiger partial charge in [-0.1, -0.05) is 6.92 Å². The fourth-order valence-electron chi connectivity index (χ4n) is 0.250. The van der Waals surface area contributed by atoms with Crippen LogP contribution in [0.25, 0.3) is 0 Å². The Kier molecular flexibility index (Phi) is 3.92. The van der Waals surface area contributed by atoms with Gasteiger partial charge in [-0.25, -0.2) is 0 Å². The van der Waals surface area contributed by atoms with Crippen molar-refractivity contribution in [1.82, 2.24) is 0 Å². The average Bonchev–Trinajstić information content (AvgIpc) is 1.68. The van der Waals surface area contributed by atoms with E-state index in [1.807, 2.05) is 13.0 Å². The predicted molar refractivity (Wildman–Crippen MR) is 33.3 cm³/mol. The van der Waals surface area contributed by atoms with E-state index in [0.717, 1.165) is 6.42 Å². The lowest BCUT2D eigenvalue weighted by Gasteiger charge is -1.96. The lowest BCUT2D eigenvalue weighted by Crippen LogP contribution is -1.91. The van der Waals surface area contributed by atoms with Crippen LogP contribution in [0.5, 0.6) is 0 Å². The van der Waals surface area contributed by atoms with Crippen LogP contribution >= 0.6 is 12.6 Å². The second-order valence-corrected chi connectivity index (χ2v) is 2.15. The number of rotatable bonds is 2. The van der Waals surface area contributed by atoms with Gasteiger partial charge in [0.05, 0.1) is 6.07 Å². The van der Waals surface area contributed by atoms with Gasteiger partial charge in [-0.2, -0.15) is 17.9 Å². The minimum atomic E-state index is 0.282. The molecular formula is C5H9NS. The normalized spacial score (nSPS) is 12.7. The summed E-state index contributed by atoms with van der Waals surface area (Å²) in [7, 11) is 0. The summed E-state index contributed by atoms with van der Waals surface area (Å²) in [5.41, 5.74) is 0. The zero-order chi connectivity index (χ0) is 5.70. The van der Waals surface area contributed by atoms with Crippen LogP contribution in [0.2, 0.25) is 0 Å². The van der Waals surface area contributed by atoms with Crippen molar-refractivity contribution in [3.05, 3.63) is 0 Å². The number of hydrogen-bond acceptors (Lipinski definition) is 2. The fraction of sp³-hybridized carbons (Fsp3) is 0.800. The highest BCUT2D eigenvalue weighted by atomic mass is 32.1. The molecule has 0 fully saturated rings. The lowest BCUT2D eigenvalue weighted by molar-refractivity contribution is 0.849. The molecule has 2 heteroatoms. The Morgan fingerprint density at radius 2 is 2.43 bits per heavy atom. The van der Waals surface area contributed by atoms with Crippen LogP contribution < -0.4 is 0 Å². The number of hydrogen-bond donors (Lipinski definition) is 1. The van der Waals surface area contributed by atoms with E-state index in [-0.39, 0.29) is 5.25 Å². The molecule has 0 N–H and O–H groups in total. The van der Waals surface area contributed by atoms with E-state index >= 15 is 0 Å². The Labute approximate surface area is 49.7 Å². The molecule has 0 aliphatic heterocycles. The van der Waals surface area contributed by atoms with Gasteiger partial charge in [0.25, 0.3) is 0 Å². The highest BCUT2D eigenvalue weighted by Gasteiger charge is 1.94. The van der Waals surface area contributed by atoms with Crippen LogP contribution in [0.4, 0.5) is 0 Å². The van der Waals surface area contributed by atoms with E-state index in [2.05, 4.69) is 12.6 Å². The Balaban J connectivity index is 3.03. The van der Waals surface area contributed by atoms with Gasteiger partial charge in [-0.15, -0.1) is 0 Å². The molecule has 0 radical (unpaired) electrons. The molecule has 1 nitrogen and oxygen atoms in total. The third-order valence-electron chi connectivity index (χ3n) is 0.798. The molecule has 40 valence electrons. The summed E-state index contributed by atoms with van der Waals surface area (Å²) in [6, 6.07) is 2.04. The summed E-state index contributed by atoms with van der Waals surface area (Å²) in [6.07, 6.45) is 1.55. The molecule has 0 aliphatic rings. The SMILES string of the molecule is CC[C@@H](S)CC#N. The summed E-state index contributed by atoms with van der Waals surface area (Å²) in [5, 5.41) is 8.35. The predicted octanol–water partition coefficient (Wildman–Crippen LogP) is 1.61. The van der Waals surface area contributed by atoms with Crippen molar-refractivity contribution < 1.29 is 0 Å². The smallest absolute Gasteiger partial charge is 0.0633 e. The quantitative estimate of drug-likeness (QED) is 0.543. The van der Waals surface area contributed by atoms with E-state index < -0.39 is 0 Å². The van der Waals surface area contributed by atoms with Crippen molar-refractivity contribution in [2.45, 2.75) is 25.0 Å². The van der Waals surface area contributed by atoms with Gasteiger partial charge in [-0.05, 0) is 6.42 Å². The van der Waals surface area contributed by atoms with E-state index in [1.165, 1.54) is 0 Å². The first-order chi connectivity index (χ1) is 3.31. The van der Waals surface area contributed by atoms with Gasteiger partial charge < -0.3 is 0 Å². The lowest BCUT2D eigenvalue weighted by atomic mass is 10.3. The highest BCUT2D eigenvalue weighted by molar-refractivity contribution is 7.80. The van der Waals surface area contributed by atoms with Crippen LogP contribution in [0.3, 0.4) is 0 Å². The Bertz CT molecular complexity index is 74.6. The molecule has 0 saturated carbocycles. The van der Waals surface area contributed by atoms with Gasteiger partial charge in [0.15, 0.2) is 0 Å². The Morgan fingerprint density at radius 3 is 2.57 bits per heavy atom. The second kappa shape index (κ2) is 4.01. The summed E-state index contributed by atoms with van der Waals surface area (Å²) < 4.78 is 0. The number of nitrogens with zero attached hydrogens (tertiary/aromatic N) is 1. The largest absolute Gasteiger partial charge is 0.198 e. The first-order valence-corrected chi connectivity index (χ1v) is 2.88.